The van der Waals surface area contributed by atoms with Gasteiger partial charge < -0.3 is 0 Å². The van der Waals surface area contributed by atoms with E-state index in [1.54, 1.807) is 0 Å². The lowest BCUT2D eigenvalue weighted by Crippen LogP contribution is -2.50. The SMILES string of the molecule is CC(C)CCC[C@H](C)[C@@H]1CC[C@H]2[C@H]3CCC4=CC(=O)CC[C@@]4(C)[C@@H]3CC[C@@]21C. The topological polar surface area (TPSA) is 17.1 Å². The Bertz CT molecular complexity index is 630. The van der Waals surface area contributed by atoms with Crippen LogP contribution in [-0.4, -0.2) is 5.78 Å². The molecule has 4 aliphatic carbocycles. The minimum Gasteiger partial charge on any atom is -0.295 e. The highest BCUT2D eigenvalue weighted by molar-refractivity contribution is 5.91. The van der Waals surface area contributed by atoms with Crippen LogP contribution in [0, 0.1) is 46.3 Å². The third-order valence-corrected chi connectivity index (χ3v) is 10.2. The third-order valence-electron chi connectivity index (χ3n) is 10.2. The maximum Gasteiger partial charge on any atom is 0.155 e. The van der Waals surface area contributed by atoms with Gasteiger partial charge in [-0.05, 0) is 97.4 Å². The van der Waals surface area contributed by atoms with E-state index in [0.29, 0.717) is 16.6 Å². The summed E-state index contributed by atoms with van der Waals surface area (Å²) in [6.45, 7) is 12.5. The van der Waals surface area contributed by atoms with Gasteiger partial charge in [0, 0.05) is 6.42 Å². The van der Waals surface area contributed by atoms with Crippen molar-refractivity contribution in [3.05, 3.63) is 11.6 Å². The molecule has 158 valence electrons. The van der Waals surface area contributed by atoms with E-state index in [4.69, 9.17) is 0 Å². The standard InChI is InChI=1S/C27H44O/c1-18(2)7-6-8-19(3)23-11-12-24-22-10-9-20-17-21(28)13-15-26(20,4)25(22)14-16-27(23,24)5/h17-19,22-25H,6-16H2,1-5H3/t19-,22+,23-,24-,25+,26+,27+/m0/s1. The highest BCUT2D eigenvalue weighted by Gasteiger charge is 2.59. The monoisotopic (exact) mass is 384 g/mol. The first-order valence-corrected chi connectivity index (χ1v) is 12.5. The second-order valence-electron chi connectivity index (χ2n) is 12.0. The molecule has 0 heterocycles. The molecule has 0 N–H and O–H groups in total. The van der Waals surface area contributed by atoms with Gasteiger partial charge in [0.15, 0.2) is 5.78 Å². The smallest absolute Gasteiger partial charge is 0.155 e. The van der Waals surface area contributed by atoms with Crippen molar-refractivity contribution in [3.8, 4) is 0 Å². The summed E-state index contributed by atoms with van der Waals surface area (Å²) in [7, 11) is 0. The molecule has 0 aromatic heterocycles. The summed E-state index contributed by atoms with van der Waals surface area (Å²) >= 11 is 0. The molecule has 4 aliphatic rings. The molecule has 4 rings (SSSR count). The van der Waals surface area contributed by atoms with Crippen LogP contribution in [0.4, 0.5) is 0 Å². The lowest BCUT2D eigenvalue weighted by Gasteiger charge is -2.58. The van der Waals surface area contributed by atoms with Gasteiger partial charge >= 0.3 is 0 Å². The van der Waals surface area contributed by atoms with Gasteiger partial charge in [0.1, 0.15) is 0 Å². The van der Waals surface area contributed by atoms with E-state index in [2.05, 4.69) is 40.7 Å². The van der Waals surface area contributed by atoms with Crippen molar-refractivity contribution in [2.24, 2.45) is 46.3 Å². The summed E-state index contributed by atoms with van der Waals surface area (Å²) in [6.07, 6.45) is 16.6. The van der Waals surface area contributed by atoms with Crippen LogP contribution in [0.1, 0.15) is 105 Å². The van der Waals surface area contributed by atoms with Gasteiger partial charge in [0.2, 0.25) is 0 Å². The third kappa shape index (κ3) is 3.33. The fourth-order valence-electron chi connectivity index (χ4n) is 8.58. The van der Waals surface area contributed by atoms with Crippen LogP contribution >= 0.6 is 0 Å². The summed E-state index contributed by atoms with van der Waals surface area (Å²) in [5, 5.41) is 0. The molecule has 3 fully saturated rings. The largest absolute Gasteiger partial charge is 0.295 e. The minimum atomic E-state index is 0.332. The second-order valence-corrected chi connectivity index (χ2v) is 12.0. The molecule has 0 aromatic carbocycles. The Morgan fingerprint density at radius 1 is 0.964 bits per heavy atom. The van der Waals surface area contributed by atoms with Crippen LogP contribution in [0.15, 0.2) is 11.6 Å². The number of carbonyl (C=O) groups is 1. The number of rotatable bonds is 5. The van der Waals surface area contributed by atoms with Gasteiger partial charge in [-0.2, -0.15) is 0 Å². The molecule has 1 nitrogen and oxygen atoms in total. The fraction of sp³-hybridized carbons (Fsp3) is 0.889. The van der Waals surface area contributed by atoms with Crippen molar-refractivity contribution < 1.29 is 4.79 Å². The number of hydrogen-bond acceptors (Lipinski definition) is 1. The van der Waals surface area contributed by atoms with Gasteiger partial charge in [0.25, 0.3) is 0 Å². The van der Waals surface area contributed by atoms with Gasteiger partial charge in [-0.3, -0.25) is 4.79 Å². The van der Waals surface area contributed by atoms with Crippen LogP contribution in [0.3, 0.4) is 0 Å². The van der Waals surface area contributed by atoms with Crippen molar-refractivity contribution >= 4 is 5.78 Å². The van der Waals surface area contributed by atoms with Crippen LogP contribution in [0.25, 0.3) is 0 Å². The molecule has 0 saturated heterocycles. The summed E-state index contributed by atoms with van der Waals surface area (Å²) in [6, 6.07) is 0. The molecule has 0 aliphatic heterocycles. The molecule has 0 amide bonds. The first-order chi connectivity index (χ1) is 13.3. The Balaban J connectivity index is 1.49. The summed E-state index contributed by atoms with van der Waals surface area (Å²) in [4.78, 5) is 12.0. The van der Waals surface area contributed by atoms with Crippen LogP contribution in [0.5, 0.6) is 0 Å². The van der Waals surface area contributed by atoms with Crippen molar-refractivity contribution in [2.45, 2.75) is 105 Å². The maximum absolute atomic E-state index is 12.0. The predicted molar refractivity (Wildman–Crippen MR) is 118 cm³/mol. The number of fused-ring (bicyclic) bond motifs is 5. The fourth-order valence-corrected chi connectivity index (χ4v) is 8.58. The zero-order chi connectivity index (χ0) is 20.1. The van der Waals surface area contributed by atoms with Gasteiger partial charge in [-0.25, -0.2) is 0 Å². The Kier molecular flexibility index (Phi) is 5.60. The molecule has 0 radical (unpaired) electrons. The first-order valence-electron chi connectivity index (χ1n) is 12.5. The first kappa shape index (κ1) is 20.7. The van der Waals surface area contributed by atoms with Crippen LogP contribution in [-0.2, 0) is 4.79 Å². The Labute approximate surface area is 174 Å². The van der Waals surface area contributed by atoms with E-state index in [1.807, 2.05) is 0 Å². The molecule has 0 spiro atoms. The molecule has 0 bridgehead atoms. The van der Waals surface area contributed by atoms with Gasteiger partial charge in [-0.15, -0.1) is 0 Å². The molecular formula is C27H44O. The summed E-state index contributed by atoms with van der Waals surface area (Å²) in [5.74, 6) is 5.79. The zero-order valence-corrected chi connectivity index (χ0v) is 19.2. The highest BCUT2D eigenvalue weighted by atomic mass is 16.1. The predicted octanol–water partition coefficient (Wildman–Crippen LogP) is 7.60. The maximum atomic E-state index is 12.0. The highest BCUT2D eigenvalue weighted by Crippen LogP contribution is 2.67. The van der Waals surface area contributed by atoms with E-state index < -0.39 is 0 Å². The number of allylic oxidation sites excluding steroid dienone is 1. The number of carbonyl (C=O) groups excluding carboxylic acids is 1. The quantitative estimate of drug-likeness (QED) is 0.477. The average molecular weight is 385 g/mol. The lowest BCUT2D eigenvalue weighted by atomic mass is 9.46. The van der Waals surface area contributed by atoms with Gasteiger partial charge in [-0.1, -0.05) is 59.5 Å². The van der Waals surface area contributed by atoms with Crippen molar-refractivity contribution in [3.63, 3.8) is 0 Å². The Hall–Kier alpha value is -0.590. The molecule has 1 heteroatoms. The number of ketones is 1. The molecule has 0 aromatic rings. The number of hydrogen-bond donors (Lipinski definition) is 0. The van der Waals surface area contributed by atoms with E-state index in [1.165, 1.54) is 63.4 Å². The van der Waals surface area contributed by atoms with Crippen molar-refractivity contribution in [1.29, 1.82) is 0 Å². The molecular weight excluding hydrogens is 340 g/mol. The van der Waals surface area contributed by atoms with Crippen molar-refractivity contribution in [1.82, 2.24) is 0 Å². The molecule has 7 atom stereocenters. The van der Waals surface area contributed by atoms with E-state index in [0.717, 1.165) is 48.3 Å². The van der Waals surface area contributed by atoms with Gasteiger partial charge in [0.05, 0.1) is 0 Å². The minimum absolute atomic E-state index is 0.332. The van der Waals surface area contributed by atoms with E-state index in [9.17, 15) is 4.79 Å². The molecule has 0 unspecified atom stereocenters. The summed E-state index contributed by atoms with van der Waals surface area (Å²) in [5.41, 5.74) is 2.43. The summed E-state index contributed by atoms with van der Waals surface area (Å²) < 4.78 is 0. The Morgan fingerprint density at radius 2 is 1.75 bits per heavy atom. The van der Waals surface area contributed by atoms with Crippen molar-refractivity contribution in [2.75, 3.05) is 0 Å². The zero-order valence-electron chi connectivity index (χ0n) is 19.2. The van der Waals surface area contributed by atoms with Crippen LogP contribution < -0.4 is 0 Å². The van der Waals surface area contributed by atoms with E-state index >= 15 is 0 Å². The molecule has 3 saturated carbocycles. The van der Waals surface area contributed by atoms with Crippen LogP contribution in [0.2, 0.25) is 0 Å². The van der Waals surface area contributed by atoms with E-state index in [-0.39, 0.29) is 0 Å². The lowest BCUT2D eigenvalue weighted by molar-refractivity contribution is -0.117. The normalized spacial score (nSPS) is 43.9. The second kappa shape index (κ2) is 7.59. The average Bonchev–Trinajstić information content (AvgIpc) is 2.99. The Morgan fingerprint density at radius 3 is 2.50 bits per heavy atom. The molecule has 28 heavy (non-hydrogen) atoms.